The average molecular weight is 274 g/mol. The van der Waals surface area contributed by atoms with Crippen molar-refractivity contribution in [1.82, 2.24) is 0 Å². The largest absolute Gasteiger partial charge is 0.508 e. The Labute approximate surface area is 121 Å². The highest BCUT2D eigenvalue weighted by molar-refractivity contribution is 6.63. The van der Waals surface area contributed by atoms with E-state index in [1.807, 2.05) is 45.9 Å². The molecule has 2 aliphatic rings. The predicted octanol–water partition coefficient (Wildman–Crippen LogP) is 2.96. The van der Waals surface area contributed by atoms with E-state index in [0.717, 1.165) is 11.0 Å². The van der Waals surface area contributed by atoms with E-state index < -0.39 is 7.12 Å². The number of phenolic OH excluding ortho intramolecular Hbond substituents is 1. The van der Waals surface area contributed by atoms with Gasteiger partial charge in [-0.2, -0.15) is 0 Å². The summed E-state index contributed by atoms with van der Waals surface area (Å²) in [5.74, 6) is 0.855. The maximum atomic E-state index is 10.6. The fourth-order valence-electron chi connectivity index (χ4n) is 2.79. The lowest BCUT2D eigenvalue weighted by Crippen LogP contribution is -2.41. The van der Waals surface area contributed by atoms with Crippen LogP contribution in [0.1, 0.15) is 58.4 Å². The van der Waals surface area contributed by atoms with E-state index in [2.05, 4.69) is 0 Å². The number of para-hydroxylation sites is 1. The number of hydrogen-bond acceptors (Lipinski definition) is 3. The van der Waals surface area contributed by atoms with Crippen molar-refractivity contribution in [3.63, 3.8) is 0 Å². The Kier molecular flexibility index (Phi) is 3.14. The summed E-state index contributed by atoms with van der Waals surface area (Å²) in [6, 6.07) is 5.92. The first-order valence-electron chi connectivity index (χ1n) is 7.49. The van der Waals surface area contributed by atoms with E-state index in [9.17, 15) is 5.11 Å². The minimum atomic E-state index is -0.486. The van der Waals surface area contributed by atoms with Gasteiger partial charge in [-0.15, -0.1) is 0 Å². The molecule has 0 spiro atoms. The van der Waals surface area contributed by atoms with Crippen molar-refractivity contribution in [2.75, 3.05) is 0 Å². The Hall–Kier alpha value is -0.995. The Morgan fingerprint density at radius 1 is 1.10 bits per heavy atom. The first-order chi connectivity index (χ1) is 9.32. The summed E-state index contributed by atoms with van der Waals surface area (Å²) < 4.78 is 12.1. The molecule has 1 aliphatic carbocycles. The minimum absolute atomic E-state index is 0.357. The van der Waals surface area contributed by atoms with Crippen LogP contribution < -0.4 is 5.46 Å². The van der Waals surface area contributed by atoms with Crippen LogP contribution in [0.2, 0.25) is 0 Å². The highest BCUT2D eigenvalue weighted by Gasteiger charge is 2.52. The number of benzene rings is 1. The molecule has 2 fully saturated rings. The first kappa shape index (κ1) is 14.0. The Balaban J connectivity index is 1.92. The van der Waals surface area contributed by atoms with Gasteiger partial charge in [0.25, 0.3) is 0 Å². The molecule has 1 aromatic carbocycles. The highest BCUT2D eigenvalue weighted by Crippen LogP contribution is 2.41. The molecule has 108 valence electrons. The number of hydrogen-bond donors (Lipinski definition) is 1. The fraction of sp³-hybridized carbons (Fsp3) is 0.625. The van der Waals surface area contributed by atoms with Gasteiger partial charge in [0, 0.05) is 5.46 Å². The predicted molar refractivity (Wildman–Crippen MR) is 80.4 cm³/mol. The lowest BCUT2D eigenvalue weighted by molar-refractivity contribution is 0.00578. The van der Waals surface area contributed by atoms with Gasteiger partial charge in [0.2, 0.25) is 0 Å². The van der Waals surface area contributed by atoms with Crippen LogP contribution in [-0.2, 0) is 9.31 Å². The number of rotatable bonds is 2. The topological polar surface area (TPSA) is 38.7 Å². The Morgan fingerprint density at radius 3 is 2.20 bits per heavy atom. The molecule has 0 radical (unpaired) electrons. The molecule has 4 heteroatoms. The molecule has 1 N–H and O–H groups in total. The van der Waals surface area contributed by atoms with Crippen LogP contribution in [0.25, 0.3) is 0 Å². The van der Waals surface area contributed by atoms with E-state index in [0.29, 0.717) is 11.7 Å². The molecule has 20 heavy (non-hydrogen) atoms. The van der Waals surface area contributed by atoms with Crippen LogP contribution in [0.3, 0.4) is 0 Å². The molecule has 0 atom stereocenters. The van der Waals surface area contributed by atoms with Crippen molar-refractivity contribution in [2.24, 2.45) is 0 Å². The summed E-state index contributed by atoms with van der Waals surface area (Å²) in [5.41, 5.74) is 1.05. The van der Waals surface area contributed by atoms with Gasteiger partial charge < -0.3 is 14.4 Å². The molecule has 0 aromatic heterocycles. The zero-order valence-corrected chi connectivity index (χ0v) is 12.8. The second-order valence-corrected chi connectivity index (χ2v) is 7.00. The van der Waals surface area contributed by atoms with E-state index in [-0.39, 0.29) is 11.2 Å². The lowest BCUT2D eigenvalue weighted by atomic mass is 9.73. The summed E-state index contributed by atoms with van der Waals surface area (Å²) in [7, 11) is -0.486. The average Bonchev–Trinajstić information content (AvgIpc) is 2.48. The SMILES string of the molecule is CC1(C)OB(c2cccc(C3CCC3)c2O)OC1(C)C. The van der Waals surface area contributed by atoms with Crippen molar-refractivity contribution in [2.45, 2.75) is 64.1 Å². The molecule has 1 heterocycles. The van der Waals surface area contributed by atoms with Gasteiger partial charge in [-0.3, -0.25) is 0 Å². The molecule has 1 aromatic rings. The zero-order chi connectivity index (χ0) is 14.5. The molecule has 0 amide bonds. The van der Waals surface area contributed by atoms with E-state index in [4.69, 9.17) is 9.31 Å². The third-order valence-corrected chi connectivity index (χ3v) is 5.15. The zero-order valence-electron chi connectivity index (χ0n) is 12.8. The third kappa shape index (κ3) is 2.06. The second kappa shape index (κ2) is 4.50. The van der Waals surface area contributed by atoms with Crippen LogP contribution in [0.4, 0.5) is 0 Å². The first-order valence-corrected chi connectivity index (χ1v) is 7.49. The van der Waals surface area contributed by atoms with Gasteiger partial charge in [-0.1, -0.05) is 24.6 Å². The minimum Gasteiger partial charge on any atom is -0.508 e. The van der Waals surface area contributed by atoms with Crippen molar-refractivity contribution in [3.05, 3.63) is 23.8 Å². The van der Waals surface area contributed by atoms with Crippen LogP contribution in [0, 0.1) is 0 Å². The molecule has 1 aliphatic heterocycles. The third-order valence-electron chi connectivity index (χ3n) is 5.15. The van der Waals surface area contributed by atoms with Crippen molar-refractivity contribution in [3.8, 4) is 5.75 Å². The van der Waals surface area contributed by atoms with E-state index >= 15 is 0 Å². The highest BCUT2D eigenvalue weighted by atomic mass is 16.7. The molecule has 1 saturated carbocycles. The summed E-state index contributed by atoms with van der Waals surface area (Å²) in [5, 5.41) is 10.6. The van der Waals surface area contributed by atoms with Crippen LogP contribution in [0.5, 0.6) is 5.75 Å². The Morgan fingerprint density at radius 2 is 1.70 bits per heavy atom. The Bertz CT molecular complexity index is 504. The molecule has 0 bridgehead atoms. The summed E-state index contributed by atoms with van der Waals surface area (Å²) in [6.07, 6.45) is 3.59. The molecule has 3 nitrogen and oxygen atoms in total. The quantitative estimate of drug-likeness (QED) is 0.843. The van der Waals surface area contributed by atoms with Crippen molar-refractivity contribution >= 4 is 12.6 Å². The molecule has 1 saturated heterocycles. The van der Waals surface area contributed by atoms with E-state index in [1.54, 1.807) is 0 Å². The fourth-order valence-corrected chi connectivity index (χ4v) is 2.79. The van der Waals surface area contributed by atoms with Crippen LogP contribution >= 0.6 is 0 Å². The van der Waals surface area contributed by atoms with Gasteiger partial charge in [0.1, 0.15) is 5.75 Å². The molecule has 3 rings (SSSR count). The summed E-state index contributed by atoms with van der Waals surface area (Å²) >= 11 is 0. The smallest absolute Gasteiger partial charge is 0.498 e. The molecule has 0 unspecified atom stereocenters. The maximum absolute atomic E-state index is 10.6. The molecular formula is C16H23BO3. The van der Waals surface area contributed by atoms with Crippen LogP contribution in [0.15, 0.2) is 18.2 Å². The van der Waals surface area contributed by atoms with Crippen molar-refractivity contribution < 1.29 is 14.4 Å². The van der Waals surface area contributed by atoms with E-state index in [1.165, 1.54) is 19.3 Å². The monoisotopic (exact) mass is 274 g/mol. The van der Waals surface area contributed by atoms with Crippen molar-refractivity contribution in [1.29, 1.82) is 0 Å². The number of aromatic hydroxyl groups is 1. The van der Waals surface area contributed by atoms with Gasteiger partial charge in [0.15, 0.2) is 0 Å². The summed E-state index contributed by atoms with van der Waals surface area (Å²) in [6.45, 7) is 8.11. The molecular weight excluding hydrogens is 251 g/mol. The normalized spacial score (nSPS) is 24.7. The van der Waals surface area contributed by atoms with Gasteiger partial charge >= 0.3 is 7.12 Å². The summed E-state index contributed by atoms with van der Waals surface area (Å²) in [4.78, 5) is 0. The van der Waals surface area contributed by atoms with Gasteiger partial charge in [-0.25, -0.2) is 0 Å². The van der Waals surface area contributed by atoms with Crippen LogP contribution in [-0.4, -0.2) is 23.4 Å². The lowest BCUT2D eigenvalue weighted by Gasteiger charge is -2.32. The van der Waals surface area contributed by atoms with Gasteiger partial charge in [-0.05, 0) is 52.0 Å². The maximum Gasteiger partial charge on any atom is 0.498 e. The van der Waals surface area contributed by atoms with Gasteiger partial charge in [0.05, 0.1) is 11.2 Å². The second-order valence-electron chi connectivity index (χ2n) is 7.00. The number of phenols is 1. The standard InChI is InChI=1S/C16H23BO3/c1-15(2)16(3,4)20-17(19-15)13-10-6-9-12(14(13)18)11-7-5-8-11/h6,9-11,18H,5,7-8H2,1-4H3.